The van der Waals surface area contributed by atoms with Gasteiger partial charge in [0.2, 0.25) is 11.8 Å². The molecule has 4 N–H and O–H groups in total. The first kappa shape index (κ1) is 31.7. The largest absolute Gasteiger partial charge is 0.508 e. The van der Waals surface area contributed by atoms with Crippen molar-refractivity contribution in [3.8, 4) is 5.75 Å². The highest BCUT2D eigenvalue weighted by molar-refractivity contribution is 5.92. The zero-order chi connectivity index (χ0) is 28.2. The normalized spacial score (nSPS) is 12.9. The summed E-state index contributed by atoms with van der Waals surface area (Å²) in [5.74, 6) is -1.85. The third-order valence-corrected chi connectivity index (χ3v) is 5.00. The van der Waals surface area contributed by atoms with Crippen molar-refractivity contribution in [3.05, 3.63) is 29.8 Å². The van der Waals surface area contributed by atoms with Crippen LogP contribution in [0.3, 0.4) is 0 Å². The van der Waals surface area contributed by atoms with Crippen LogP contribution in [0.15, 0.2) is 24.3 Å². The Balaban J connectivity index is 3.34. The number of ether oxygens (including phenoxy) is 2. The maximum absolute atomic E-state index is 13.8. The molecule has 0 fully saturated rings. The predicted octanol–water partition coefficient (Wildman–Crippen LogP) is 2.26. The molecule has 1 rings (SSSR count). The number of phenolic OH excluding ortho intramolecular Hbond substituents is 1. The van der Waals surface area contributed by atoms with Gasteiger partial charge in [-0.1, -0.05) is 26.0 Å². The lowest BCUT2D eigenvalue weighted by molar-refractivity contribution is -0.144. The number of amides is 3. The van der Waals surface area contributed by atoms with E-state index in [1.807, 2.05) is 13.8 Å². The molecule has 0 aliphatic heterocycles. The smallest absolute Gasteiger partial charge is 0.408 e. The van der Waals surface area contributed by atoms with Gasteiger partial charge in [0.1, 0.15) is 23.4 Å². The first-order chi connectivity index (χ1) is 17.3. The SMILES string of the molecule is CCOC(=O)CCNC(=O)C(c1cccc(O)c1)N(CCO)C(=O)C(CC(C)C)NC(=O)OC(C)(C)C. The van der Waals surface area contributed by atoms with E-state index in [-0.39, 0.29) is 49.8 Å². The van der Waals surface area contributed by atoms with Crippen LogP contribution in [0.2, 0.25) is 0 Å². The monoisotopic (exact) mass is 523 g/mol. The van der Waals surface area contributed by atoms with E-state index in [0.29, 0.717) is 0 Å². The van der Waals surface area contributed by atoms with Gasteiger partial charge in [0.05, 0.1) is 19.6 Å². The Bertz CT molecular complexity index is 913. The van der Waals surface area contributed by atoms with Gasteiger partial charge in [0.25, 0.3) is 0 Å². The number of hydrogen-bond acceptors (Lipinski definition) is 8. The number of alkyl carbamates (subject to hydrolysis) is 1. The van der Waals surface area contributed by atoms with Crippen molar-refractivity contribution in [2.75, 3.05) is 26.3 Å². The molecule has 0 spiro atoms. The summed E-state index contributed by atoms with van der Waals surface area (Å²) in [6.07, 6.45) is -0.614. The van der Waals surface area contributed by atoms with Crippen LogP contribution in [0, 0.1) is 5.92 Å². The number of phenols is 1. The summed E-state index contributed by atoms with van der Waals surface area (Å²) in [5, 5.41) is 25.0. The van der Waals surface area contributed by atoms with Crippen LogP contribution in [0.5, 0.6) is 5.75 Å². The zero-order valence-corrected chi connectivity index (χ0v) is 22.6. The van der Waals surface area contributed by atoms with E-state index in [4.69, 9.17) is 9.47 Å². The molecule has 37 heavy (non-hydrogen) atoms. The molecule has 0 heterocycles. The molecule has 2 atom stereocenters. The molecular weight excluding hydrogens is 482 g/mol. The Morgan fingerprint density at radius 3 is 2.35 bits per heavy atom. The molecule has 11 heteroatoms. The topological polar surface area (TPSA) is 154 Å². The van der Waals surface area contributed by atoms with Crippen LogP contribution in [-0.4, -0.2) is 76.9 Å². The Kier molecular flexibility index (Phi) is 12.9. The second-order valence-corrected chi connectivity index (χ2v) is 9.93. The first-order valence-corrected chi connectivity index (χ1v) is 12.4. The van der Waals surface area contributed by atoms with E-state index < -0.39 is 48.2 Å². The van der Waals surface area contributed by atoms with Gasteiger partial charge in [-0.3, -0.25) is 14.4 Å². The summed E-state index contributed by atoms with van der Waals surface area (Å²) < 4.78 is 10.2. The Hall–Kier alpha value is -3.34. The van der Waals surface area contributed by atoms with Crippen LogP contribution < -0.4 is 10.6 Å². The summed E-state index contributed by atoms with van der Waals surface area (Å²) >= 11 is 0. The van der Waals surface area contributed by atoms with Gasteiger partial charge in [-0.2, -0.15) is 0 Å². The van der Waals surface area contributed by atoms with Crippen LogP contribution in [0.4, 0.5) is 4.79 Å². The van der Waals surface area contributed by atoms with Gasteiger partial charge in [0.15, 0.2) is 0 Å². The summed E-state index contributed by atoms with van der Waals surface area (Å²) in [7, 11) is 0. The molecule has 0 aliphatic carbocycles. The first-order valence-electron chi connectivity index (χ1n) is 12.4. The van der Waals surface area contributed by atoms with Crippen molar-refractivity contribution in [2.24, 2.45) is 5.92 Å². The average molecular weight is 524 g/mol. The average Bonchev–Trinajstić information content (AvgIpc) is 2.76. The van der Waals surface area contributed by atoms with Gasteiger partial charge in [-0.25, -0.2) is 4.79 Å². The number of rotatable bonds is 13. The molecule has 0 bridgehead atoms. The number of nitrogens with zero attached hydrogens (tertiary/aromatic N) is 1. The maximum atomic E-state index is 13.8. The summed E-state index contributed by atoms with van der Waals surface area (Å²) in [5.41, 5.74) is -0.501. The molecule has 1 aromatic rings. The van der Waals surface area contributed by atoms with Crippen molar-refractivity contribution in [1.82, 2.24) is 15.5 Å². The summed E-state index contributed by atoms with van der Waals surface area (Å²) in [6, 6.07) is 3.54. The second-order valence-electron chi connectivity index (χ2n) is 9.93. The number of carbonyl (C=O) groups excluding carboxylic acids is 4. The van der Waals surface area contributed by atoms with E-state index in [2.05, 4.69) is 10.6 Å². The van der Waals surface area contributed by atoms with E-state index in [9.17, 15) is 29.4 Å². The zero-order valence-electron chi connectivity index (χ0n) is 22.6. The molecule has 0 aliphatic rings. The molecule has 0 radical (unpaired) electrons. The number of carbonyl (C=O) groups is 4. The number of benzene rings is 1. The fourth-order valence-corrected chi connectivity index (χ4v) is 3.60. The lowest BCUT2D eigenvalue weighted by Gasteiger charge is -2.34. The lowest BCUT2D eigenvalue weighted by Crippen LogP contribution is -2.54. The highest BCUT2D eigenvalue weighted by atomic mass is 16.6. The van der Waals surface area contributed by atoms with Crippen molar-refractivity contribution >= 4 is 23.9 Å². The number of nitrogens with one attached hydrogen (secondary N) is 2. The second kappa shape index (κ2) is 15.0. The van der Waals surface area contributed by atoms with E-state index in [1.54, 1.807) is 33.8 Å². The highest BCUT2D eigenvalue weighted by Gasteiger charge is 2.36. The van der Waals surface area contributed by atoms with Gasteiger partial charge < -0.3 is 35.2 Å². The van der Waals surface area contributed by atoms with Crippen LogP contribution >= 0.6 is 0 Å². The molecule has 11 nitrogen and oxygen atoms in total. The Labute approximate surface area is 218 Å². The third-order valence-electron chi connectivity index (χ3n) is 5.00. The minimum absolute atomic E-state index is 0.00233. The minimum Gasteiger partial charge on any atom is -0.508 e. The van der Waals surface area contributed by atoms with Crippen molar-refractivity contribution in [3.63, 3.8) is 0 Å². The summed E-state index contributed by atoms with van der Waals surface area (Å²) in [6.45, 7) is 10.00. The van der Waals surface area contributed by atoms with Gasteiger partial charge >= 0.3 is 12.1 Å². The van der Waals surface area contributed by atoms with Crippen molar-refractivity contribution in [1.29, 1.82) is 0 Å². The Morgan fingerprint density at radius 1 is 1.14 bits per heavy atom. The van der Waals surface area contributed by atoms with E-state index >= 15 is 0 Å². The lowest BCUT2D eigenvalue weighted by atomic mass is 9.99. The van der Waals surface area contributed by atoms with Crippen LogP contribution in [0.1, 0.15) is 66.0 Å². The van der Waals surface area contributed by atoms with Gasteiger partial charge in [-0.15, -0.1) is 0 Å². The van der Waals surface area contributed by atoms with Crippen LogP contribution in [0.25, 0.3) is 0 Å². The number of aliphatic hydroxyl groups excluding tert-OH is 1. The number of esters is 1. The van der Waals surface area contributed by atoms with Gasteiger partial charge in [0, 0.05) is 13.1 Å². The maximum Gasteiger partial charge on any atom is 0.408 e. The Morgan fingerprint density at radius 2 is 1.81 bits per heavy atom. The fourth-order valence-electron chi connectivity index (χ4n) is 3.60. The number of aromatic hydroxyl groups is 1. The van der Waals surface area contributed by atoms with E-state index in [0.717, 1.165) is 4.90 Å². The quantitative estimate of drug-likeness (QED) is 0.287. The standard InChI is InChI=1S/C26H41N3O8/c1-7-36-21(32)11-12-27-23(33)22(18-9-8-10-19(31)16-18)29(13-14-30)24(34)20(15-17(2)3)28-25(35)37-26(4,5)6/h8-10,16-17,20,22,30-31H,7,11-15H2,1-6H3,(H,27,33)(H,28,35). The molecule has 0 aromatic heterocycles. The van der Waals surface area contributed by atoms with E-state index in [1.165, 1.54) is 18.2 Å². The predicted molar refractivity (Wildman–Crippen MR) is 137 cm³/mol. The fraction of sp³-hybridized carbons (Fsp3) is 0.615. The molecule has 2 unspecified atom stereocenters. The molecule has 208 valence electrons. The minimum atomic E-state index is -1.26. The molecule has 1 aromatic carbocycles. The van der Waals surface area contributed by atoms with Crippen LogP contribution in [-0.2, 0) is 23.9 Å². The summed E-state index contributed by atoms with van der Waals surface area (Å²) in [4.78, 5) is 52.5. The third kappa shape index (κ3) is 11.5. The molecule has 3 amide bonds. The van der Waals surface area contributed by atoms with Crippen molar-refractivity contribution in [2.45, 2.75) is 72.1 Å². The highest BCUT2D eigenvalue weighted by Crippen LogP contribution is 2.26. The van der Waals surface area contributed by atoms with Gasteiger partial charge in [-0.05, 0) is 57.7 Å². The van der Waals surface area contributed by atoms with Crippen molar-refractivity contribution < 1.29 is 38.9 Å². The number of hydrogen-bond donors (Lipinski definition) is 4. The molecule has 0 saturated heterocycles. The molecule has 0 saturated carbocycles. The molecular formula is C26H41N3O8. The number of aliphatic hydroxyl groups is 1.